The Hall–Kier alpha value is -1.28. The Kier molecular flexibility index (Phi) is 4.41. The van der Waals surface area contributed by atoms with Crippen LogP contribution in [0.2, 0.25) is 0 Å². The number of hydrogen-bond acceptors (Lipinski definition) is 2. The maximum atomic E-state index is 5.61. The van der Waals surface area contributed by atoms with Gasteiger partial charge in [-0.3, -0.25) is 0 Å². The zero-order chi connectivity index (χ0) is 13.8. The molecule has 0 amide bonds. The van der Waals surface area contributed by atoms with Crippen LogP contribution < -0.4 is 10.1 Å². The van der Waals surface area contributed by atoms with E-state index < -0.39 is 0 Å². The normalized spacial score (nSPS) is 19.1. The molecule has 2 nitrogen and oxygen atoms in total. The SMILES string of the molecule is CCNC(CC1=CCCCC1)c1ccc2c(c1)CCO2. The van der Waals surface area contributed by atoms with Crippen molar-refractivity contribution in [3.05, 3.63) is 41.0 Å². The van der Waals surface area contributed by atoms with Crippen LogP contribution >= 0.6 is 0 Å². The van der Waals surface area contributed by atoms with Gasteiger partial charge < -0.3 is 10.1 Å². The summed E-state index contributed by atoms with van der Waals surface area (Å²) < 4.78 is 5.61. The van der Waals surface area contributed by atoms with Gasteiger partial charge in [-0.1, -0.05) is 30.7 Å². The summed E-state index contributed by atoms with van der Waals surface area (Å²) in [7, 11) is 0. The summed E-state index contributed by atoms with van der Waals surface area (Å²) in [5.74, 6) is 1.08. The molecule has 0 radical (unpaired) electrons. The second-order valence-corrected chi connectivity index (χ2v) is 5.89. The zero-order valence-corrected chi connectivity index (χ0v) is 12.5. The van der Waals surface area contributed by atoms with Crippen molar-refractivity contribution in [2.24, 2.45) is 0 Å². The van der Waals surface area contributed by atoms with Gasteiger partial charge in [0, 0.05) is 12.5 Å². The molecule has 0 aromatic heterocycles. The molecule has 0 fully saturated rings. The average molecular weight is 271 g/mol. The molecule has 1 atom stereocenters. The van der Waals surface area contributed by atoms with Gasteiger partial charge in [0.15, 0.2) is 0 Å². The summed E-state index contributed by atoms with van der Waals surface area (Å²) in [6.07, 6.45) is 9.97. The molecule has 2 aliphatic rings. The predicted octanol–water partition coefficient (Wildman–Crippen LogP) is 4.16. The van der Waals surface area contributed by atoms with Gasteiger partial charge in [0.1, 0.15) is 5.75 Å². The Morgan fingerprint density at radius 3 is 3.00 bits per heavy atom. The van der Waals surface area contributed by atoms with Gasteiger partial charge in [0.25, 0.3) is 0 Å². The number of rotatable bonds is 5. The maximum Gasteiger partial charge on any atom is 0.122 e. The summed E-state index contributed by atoms with van der Waals surface area (Å²) in [4.78, 5) is 0. The smallest absolute Gasteiger partial charge is 0.122 e. The Morgan fingerprint density at radius 2 is 2.20 bits per heavy atom. The second kappa shape index (κ2) is 6.45. The lowest BCUT2D eigenvalue weighted by atomic mass is 9.91. The highest BCUT2D eigenvalue weighted by Gasteiger charge is 2.18. The number of hydrogen-bond donors (Lipinski definition) is 1. The monoisotopic (exact) mass is 271 g/mol. The molecule has 2 heteroatoms. The van der Waals surface area contributed by atoms with Crippen molar-refractivity contribution in [1.82, 2.24) is 5.32 Å². The molecule has 20 heavy (non-hydrogen) atoms. The number of ether oxygens (including phenoxy) is 1. The van der Waals surface area contributed by atoms with Crippen molar-refractivity contribution >= 4 is 0 Å². The Balaban J connectivity index is 1.77. The first kappa shape index (κ1) is 13.7. The van der Waals surface area contributed by atoms with Gasteiger partial charge in [0.05, 0.1) is 6.61 Å². The number of allylic oxidation sites excluding steroid dienone is 1. The Bertz CT molecular complexity index is 492. The fourth-order valence-corrected chi connectivity index (χ4v) is 3.33. The fourth-order valence-electron chi connectivity index (χ4n) is 3.33. The van der Waals surface area contributed by atoms with E-state index in [2.05, 4.69) is 36.5 Å². The largest absolute Gasteiger partial charge is 0.493 e. The van der Waals surface area contributed by atoms with Crippen LogP contribution in [-0.4, -0.2) is 13.2 Å². The molecule has 0 saturated carbocycles. The first-order chi connectivity index (χ1) is 9.86. The predicted molar refractivity (Wildman–Crippen MR) is 83.2 cm³/mol. The Morgan fingerprint density at radius 1 is 1.25 bits per heavy atom. The number of benzene rings is 1. The van der Waals surface area contributed by atoms with Gasteiger partial charge in [-0.05, 0) is 55.8 Å². The number of nitrogens with one attached hydrogen (secondary N) is 1. The van der Waals surface area contributed by atoms with Crippen molar-refractivity contribution in [2.75, 3.05) is 13.2 Å². The van der Waals surface area contributed by atoms with E-state index >= 15 is 0 Å². The highest BCUT2D eigenvalue weighted by molar-refractivity contribution is 5.41. The summed E-state index contributed by atoms with van der Waals surface area (Å²) in [5.41, 5.74) is 4.43. The van der Waals surface area contributed by atoms with Crippen LogP contribution in [0.25, 0.3) is 0 Å². The van der Waals surface area contributed by atoms with E-state index in [-0.39, 0.29) is 0 Å². The van der Waals surface area contributed by atoms with Gasteiger partial charge in [-0.2, -0.15) is 0 Å². The van der Waals surface area contributed by atoms with Crippen LogP contribution in [0.1, 0.15) is 56.2 Å². The first-order valence-corrected chi connectivity index (χ1v) is 8.03. The van der Waals surface area contributed by atoms with Crippen LogP contribution in [0, 0.1) is 0 Å². The first-order valence-electron chi connectivity index (χ1n) is 8.03. The molecule has 0 bridgehead atoms. The van der Waals surface area contributed by atoms with E-state index in [1.54, 1.807) is 5.57 Å². The van der Waals surface area contributed by atoms with E-state index in [0.717, 1.165) is 31.7 Å². The molecular formula is C18H25NO. The van der Waals surface area contributed by atoms with Crippen LogP contribution in [0.4, 0.5) is 0 Å². The lowest BCUT2D eigenvalue weighted by Crippen LogP contribution is -2.21. The molecule has 0 spiro atoms. The lowest BCUT2D eigenvalue weighted by molar-refractivity contribution is 0.356. The van der Waals surface area contributed by atoms with E-state index in [9.17, 15) is 0 Å². The molecule has 3 rings (SSSR count). The van der Waals surface area contributed by atoms with E-state index in [1.807, 2.05) is 0 Å². The standard InChI is InChI=1S/C18H25NO/c1-2-19-17(12-14-6-4-3-5-7-14)15-8-9-18-16(13-15)10-11-20-18/h6,8-9,13,17,19H,2-5,7,10-12H2,1H3. The molecule has 1 aromatic rings. The fraction of sp³-hybridized carbons (Fsp3) is 0.556. The highest BCUT2D eigenvalue weighted by atomic mass is 16.5. The van der Waals surface area contributed by atoms with Crippen molar-refractivity contribution in [3.8, 4) is 5.75 Å². The minimum absolute atomic E-state index is 0.454. The van der Waals surface area contributed by atoms with Crippen molar-refractivity contribution in [3.63, 3.8) is 0 Å². The third kappa shape index (κ3) is 3.06. The van der Waals surface area contributed by atoms with Crippen LogP contribution in [0.15, 0.2) is 29.8 Å². The molecule has 1 aliphatic carbocycles. The molecular weight excluding hydrogens is 246 g/mol. The molecule has 1 unspecified atom stereocenters. The van der Waals surface area contributed by atoms with Gasteiger partial charge >= 0.3 is 0 Å². The van der Waals surface area contributed by atoms with Gasteiger partial charge in [0.2, 0.25) is 0 Å². The average Bonchev–Trinajstić information content (AvgIpc) is 2.95. The third-order valence-electron chi connectivity index (χ3n) is 4.42. The zero-order valence-electron chi connectivity index (χ0n) is 12.5. The van der Waals surface area contributed by atoms with Crippen molar-refractivity contribution < 1.29 is 4.74 Å². The van der Waals surface area contributed by atoms with E-state index in [1.165, 1.54) is 36.8 Å². The second-order valence-electron chi connectivity index (χ2n) is 5.89. The van der Waals surface area contributed by atoms with Crippen LogP contribution in [-0.2, 0) is 6.42 Å². The summed E-state index contributed by atoms with van der Waals surface area (Å²) in [5, 5.41) is 3.66. The molecule has 1 N–H and O–H groups in total. The van der Waals surface area contributed by atoms with E-state index in [4.69, 9.17) is 4.74 Å². The summed E-state index contributed by atoms with van der Waals surface area (Å²) >= 11 is 0. The summed E-state index contributed by atoms with van der Waals surface area (Å²) in [6, 6.07) is 7.19. The Labute approximate surface area is 122 Å². The van der Waals surface area contributed by atoms with E-state index in [0.29, 0.717) is 6.04 Å². The minimum atomic E-state index is 0.454. The van der Waals surface area contributed by atoms with Gasteiger partial charge in [-0.25, -0.2) is 0 Å². The van der Waals surface area contributed by atoms with Crippen LogP contribution in [0.3, 0.4) is 0 Å². The molecule has 0 saturated heterocycles. The third-order valence-corrected chi connectivity index (χ3v) is 4.42. The molecule has 1 heterocycles. The van der Waals surface area contributed by atoms with Crippen molar-refractivity contribution in [1.29, 1.82) is 0 Å². The number of fused-ring (bicyclic) bond motifs is 1. The molecule has 1 aliphatic heterocycles. The molecule has 1 aromatic carbocycles. The lowest BCUT2D eigenvalue weighted by Gasteiger charge is -2.22. The quantitative estimate of drug-likeness (QED) is 0.812. The van der Waals surface area contributed by atoms with Crippen molar-refractivity contribution in [2.45, 2.75) is 51.5 Å². The maximum absolute atomic E-state index is 5.61. The summed E-state index contributed by atoms with van der Waals surface area (Å²) in [6.45, 7) is 4.06. The van der Waals surface area contributed by atoms with Crippen LogP contribution in [0.5, 0.6) is 5.75 Å². The van der Waals surface area contributed by atoms with Gasteiger partial charge in [-0.15, -0.1) is 0 Å². The highest BCUT2D eigenvalue weighted by Crippen LogP contribution is 2.32. The molecule has 108 valence electrons. The minimum Gasteiger partial charge on any atom is -0.493 e. The topological polar surface area (TPSA) is 21.3 Å².